The van der Waals surface area contributed by atoms with Crippen LogP contribution in [0.2, 0.25) is 0 Å². The first-order valence-corrected chi connectivity index (χ1v) is 10.4. The molecule has 170 valence electrons. The van der Waals surface area contributed by atoms with Gasteiger partial charge in [0.2, 0.25) is 5.91 Å². The van der Waals surface area contributed by atoms with Crippen molar-refractivity contribution in [2.45, 2.75) is 25.1 Å². The van der Waals surface area contributed by atoms with E-state index in [0.29, 0.717) is 12.5 Å². The topological polar surface area (TPSA) is 98.3 Å². The molecule has 1 aliphatic rings. The summed E-state index contributed by atoms with van der Waals surface area (Å²) in [5.74, 6) is -2.57. The van der Waals surface area contributed by atoms with Gasteiger partial charge >= 0.3 is 12.1 Å². The molecule has 4 rings (SSSR count). The third kappa shape index (κ3) is 6.46. The SMILES string of the molecule is O=C(Cc1ccc(Br)cc1)N1CCC(Nc2ccc3[nH]ncc3c2)C1.O=C(O)C(F)(F)F. The molecular weight excluding hydrogens is 493 g/mol. The molecule has 3 aromatic rings. The van der Waals surface area contributed by atoms with Crippen molar-refractivity contribution in [1.29, 1.82) is 0 Å². The number of carboxylic acid groups (broad SMARTS) is 1. The number of amides is 1. The van der Waals surface area contributed by atoms with Crippen LogP contribution in [0.15, 0.2) is 53.1 Å². The summed E-state index contributed by atoms with van der Waals surface area (Å²) in [5, 5.41) is 18.8. The number of halogens is 4. The minimum absolute atomic E-state index is 0.192. The van der Waals surface area contributed by atoms with Crippen LogP contribution in [0.4, 0.5) is 18.9 Å². The lowest BCUT2D eigenvalue weighted by atomic mass is 10.1. The summed E-state index contributed by atoms with van der Waals surface area (Å²) >= 11 is 3.42. The summed E-state index contributed by atoms with van der Waals surface area (Å²) in [6.07, 6.45) is -1.83. The first-order chi connectivity index (χ1) is 15.1. The second-order valence-electron chi connectivity index (χ2n) is 7.25. The van der Waals surface area contributed by atoms with Gasteiger partial charge in [-0.3, -0.25) is 9.89 Å². The first kappa shape index (κ1) is 23.6. The number of nitrogens with zero attached hydrogens (tertiary/aromatic N) is 2. The number of rotatable bonds is 4. The molecule has 0 bridgehead atoms. The predicted molar refractivity (Wildman–Crippen MR) is 116 cm³/mol. The second-order valence-corrected chi connectivity index (χ2v) is 8.16. The third-order valence-electron chi connectivity index (χ3n) is 4.86. The van der Waals surface area contributed by atoms with E-state index >= 15 is 0 Å². The Labute approximate surface area is 189 Å². The lowest BCUT2D eigenvalue weighted by molar-refractivity contribution is -0.192. The standard InChI is InChI=1S/C19H19BrN4O.C2HF3O2/c20-15-3-1-13(2-4-15)9-19(25)24-8-7-17(12-24)22-16-5-6-18-14(10-16)11-21-23-18;3-2(4,5)1(6)7/h1-6,10-11,17,22H,7-9,12H2,(H,21,23);(H,6,7). The van der Waals surface area contributed by atoms with Crippen molar-refractivity contribution in [2.75, 3.05) is 18.4 Å². The maximum atomic E-state index is 12.5. The molecular formula is C21H20BrF3N4O3. The minimum Gasteiger partial charge on any atom is -0.475 e. The molecule has 1 aliphatic heterocycles. The third-order valence-corrected chi connectivity index (χ3v) is 5.39. The number of H-pyrrole nitrogens is 1. The predicted octanol–water partition coefficient (Wildman–Crippen LogP) is 4.21. The molecule has 1 saturated heterocycles. The Morgan fingerprint density at radius 1 is 1.22 bits per heavy atom. The molecule has 32 heavy (non-hydrogen) atoms. The number of nitrogens with one attached hydrogen (secondary N) is 2. The van der Waals surface area contributed by atoms with E-state index in [1.165, 1.54) is 0 Å². The highest BCUT2D eigenvalue weighted by molar-refractivity contribution is 9.10. The zero-order valence-corrected chi connectivity index (χ0v) is 18.3. The number of fused-ring (bicyclic) bond motifs is 1. The van der Waals surface area contributed by atoms with Crippen molar-refractivity contribution in [3.05, 3.63) is 58.7 Å². The van der Waals surface area contributed by atoms with Gasteiger partial charge in [-0.2, -0.15) is 18.3 Å². The normalized spacial score (nSPS) is 15.9. The average molecular weight is 513 g/mol. The number of likely N-dealkylation sites (tertiary alicyclic amines) is 1. The van der Waals surface area contributed by atoms with E-state index in [9.17, 15) is 18.0 Å². The number of hydrogen-bond acceptors (Lipinski definition) is 4. The molecule has 0 spiro atoms. The van der Waals surface area contributed by atoms with Gasteiger partial charge in [-0.1, -0.05) is 28.1 Å². The second kappa shape index (κ2) is 10.0. The van der Waals surface area contributed by atoms with Crippen molar-refractivity contribution in [3.8, 4) is 0 Å². The van der Waals surface area contributed by atoms with E-state index in [1.807, 2.05) is 47.5 Å². The Balaban J connectivity index is 0.000000360. The molecule has 1 amide bonds. The number of hydrogen-bond donors (Lipinski definition) is 3. The number of benzene rings is 2. The molecule has 1 atom stereocenters. The van der Waals surface area contributed by atoms with E-state index in [0.717, 1.165) is 46.1 Å². The highest BCUT2D eigenvalue weighted by atomic mass is 79.9. The molecule has 0 radical (unpaired) electrons. The van der Waals surface area contributed by atoms with E-state index in [2.05, 4.69) is 37.5 Å². The van der Waals surface area contributed by atoms with Gasteiger partial charge in [-0.05, 0) is 42.3 Å². The van der Waals surface area contributed by atoms with Crippen LogP contribution < -0.4 is 5.32 Å². The number of aliphatic carboxylic acids is 1. The maximum Gasteiger partial charge on any atom is 0.490 e. The molecule has 11 heteroatoms. The first-order valence-electron chi connectivity index (χ1n) is 9.64. The fourth-order valence-electron chi connectivity index (χ4n) is 3.26. The van der Waals surface area contributed by atoms with Gasteiger partial charge in [0.1, 0.15) is 0 Å². The van der Waals surface area contributed by atoms with Gasteiger partial charge in [0.05, 0.1) is 18.1 Å². The van der Waals surface area contributed by atoms with Crippen molar-refractivity contribution in [1.82, 2.24) is 15.1 Å². The molecule has 0 saturated carbocycles. The average Bonchev–Trinajstić information content (AvgIpc) is 3.38. The van der Waals surface area contributed by atoms with Crippen LogP contribution >= 0.6 is 15.9 Å². The van der Waals surface area contributed by atoms with Crippen molar-refractivity contribution in [3.63, 3.8) is 0 Å². The largest absolute Gasteiger partial charge is 0.490 e. The number of carbonyl (C=O) groups is 2. The number of aromatic nitrogens is 2. The van der Waals surface area contributed by atoms with Crippen molar-refractivity contribution < 1.29 is 27.9 Å². The number of anilines is 1. The van der Waals surface area contributed by atoms with Gasteiger partial charge in [0.25, 0.3) is 0 Å². The summed E-state index contributed by atoms with van der Waals surface area (Å²) in [5.41, 5.74) is 3.15. The van der Waals surface area contributed by atoms with Crippen molar-refractivity contribution >= 4 is 44.4 Å². The smallest absolute Gasteiger partial charge is 0.475 e. The number of alkyl halides is 3. The quantitative estimate of drug-likeness (QED) is 0.486. The van der Waals surface area contributed by atoms with E-state index < -0.39 is 12.1 Å². The van der Waals surface area contributed by atoms with E-state index in [1.54, 1.807) is 0 Å². The molecule has 2 aromatic carbocycles. The van der Waals surface area contributed by atoms with E-state index in [-0.39, 0.29) is 5.91 Å². The number of carbonyl (C=O) groups excluding carboxylic acids is 1. The molecule has 2 heterocycles. The number of aromatic amines is 1. The number of carboxylic acids is 1. The van der Waals surface area contributed by atoms with Gasteiger partial charge in [-0.25, -0.2) is 4.79 Å². The summed E-state index contributed by atoms with van der Waals surface area (Å²) in [6.45, 7) is 1.56. The van der Waals surface area contributed by atoms with Crippen molar-refractivity contribution in [2.24, 2.45) is 0 Å². The van der Waals surface area contributed by atoms with Crippen LogP contribution in [0.25, 0.3) is 10.9 Å². The molecule has 7 nitrogen and oxygen atoms in total. The summed E-state index contributed by atoms with van der Waals surface area (Å²) in [4.78, 5) is 23.4. The van der Waals surface area contributed by atoms with Gasteiger partial charge in [0, 0.05) is 34.7 Å². The lowest BCUT2D eigenvalue weighted by Crippen LogP contribution is -2.32. The van der Waals surface area contributed by atoms with Gasteiger partial charge in [0.15, 0.2) is 0 Å². The minimum atomic E-state index is -5.08. The summed E-state index contributed by atoms with van der Waals surface area (Å²) in [7, 11) is 0. The highest BCUT2D eigenvalue weighted by Crippen LogP contribution is 2.21. The summed E-state index contributed by atoms with van der Waals surface area (Å²) in [6, 6.07) is 14.4. The van der Waals surface area contributed by atoms with Crippen LogP contribution in [-0.4, -0.2) is 57.4 Å². The zero-order valence-electron chi connectivity index (χ0n) is 16.7. The fourth-order valence-corrected chi connectivity index (χ4v) is 3.53. The van der Waals surface area contributed by atoms with Gasteiger partial charge in [-0.15, -0.1) is 0 Å². The zero-order chi connectivity index (χ0) is 23.3. The summed E-state index contributed by atoms with van der Waals surface area (Å²) < 4.78 is 32.8. The highest BCUT2D eigenvalue weighted by Gasteiger charge is 2.38. The Bertz CT molecular complexity index is 1090. The lowest BCUT2D eigenvalue weighted by Gasteiger charge is -2.18. The Hall–Kier alpha value is -3.08. The molecule has 0 aliphatic carbocycles. The fraction of sp³-hybridized carbons (Fsp3) is 0.286. The monoisotopic (exact) mass is 512 g/mol. The van der Waals surface area contributed by atoms with Crippen LogP contribution in [0.1, 0.15) is 12.0 Å². The van der Waals surface area contributed by atoms with E-state index in [4.69, 9.17) is 9.90 Å². The maximum absolute atomic E-state index is 12.5. The van der Waals surface area contributed by atoms with Crippen LogP contribution in [0.3, 0.4) is 0 Å². The molecule has 1 aromatic heterocycles. The Morgan fingerprint density at radius 3 is 2.56 bits per heavy atom. The van der Waals surface area contributed by atoms with Gasteiger partial charge < -0.3 is 15.3 Å². The Morgan fingerprint density at radius 2 is 1.91 bits per heavy atom. The van der Waals surface area contributed by atoms with Crippen LogP contribution in [0.5, 0.6) is 0 Å². The van der Waals surface area contributed by atoms with Crippen LogP contribution in [-0.2, 0) is 16.0 Å². The molecule has 3 N–H and O–H groups in total. The molecule has 1 unspecified atom stereocenters. The van der Waals surface area contributed by atoms with Crippen LogP contribution in [0, 0.1) is 0 Å². The molecule has 1 fully saturated rings. The Kier molecular flexibility index (Phi) is 7.39.